The summed E-state index contributed by atoms with van der Waals surface area (Å²) in [6.45, 7) is 4.21. The highest BCUT2D eigenvalue weighted by molar-refractivity contribution is 6.22. The fourth-order valence-corrected chi connectivity index (χ4v) is 0.877. The summed E-state index contributed by atoms with van der Waals surface area (Å²) in [5.74, 6) is 0.576. The molecule has 0 fully saturated rings. The zero-order valence-corrected chi connectivity index (χ0v) is 6.65. The van der Waals surface area contributed by atoms with Crippen molar-refractivity contribution < 1.29 is 0 Å². The third-order valence-electron chi connectivity index (χ3n) is 1.45. The van der Waals surface area contributed by atoms with Crippen LogP contribution in [0.4, 0.5) is 0 Å². The van der Waals surface area contributed by atoms with Crippen molar-refractivity contribution in [3.63, 3.8) is 0 Å². The van der Waals surface area contributed by atoms with Gasteiger partial charge in [0.15, 0.2) is 0 Å². The van der Waals surface area contributed by atoms with Crippen LogP contribution < -0.4 is 0 Å². The van der Waals surface area contributed by atoms with Gasteiger partial charge >= 0.3 is 0 Å². The van der Waals surface area contributed by atoms with Crippen molar-refractivity contribution in [3.05, 3.63) is 0 Å². The van der Waals surface area contributed by atoms with E-state index < -0.39 is 0 Å². The van der Waals surface area contributed by atoms with Gasteiger partial charge in [0.05, 0.1) is 6.07 Å². The number of nitriles is 1. The molecule has 9 heavy (non-hydrogen) atoms. The van der Waals surface area contributed by atoms with Crippen LogP contribution >= 0.6 is 11.6 Å². The third kappa shape index (κ3) is 4.29. The molecule has 0 aliphatic rings. The largest absolute Gasteiger partial charge is 0.197 e. The van der Waals surface area contributed by atoms with E-state index in [1.54, 1.807) is 0 Å². The predicted molar refractivity (Wildman–Crippen MR) is 39.3 cm³/mol. The molecule has 0 rings (SSSR count). The number of hydrogen-bond acceptors (Lipinski definition) is 1. The zero-order valence-electron chi connectivity index (χ0n) is 5.89. The highest BCUT2D eigenvalue weighted by atomic mass is 35.5. The van der Waals surface area contributed by atoms with Crippen molar-refractivity contribution in [1.82, 2.24) is 0 Å². The summed E-state index contributed by atoms with van der Waals surface area (Å²) in [6, 6.07) is 2.00. The maximum Gasteiger partial charge on any atom is 0.120 e. The van der Waals surface area contributed by atoms with Crippen LogP contribution in [0, 0.1) is 17.2 Å². The van der Waals surface area contributed by atoms with E-state index in [2.05, 4.69) is 13.8 Å². The lowest BCUT2D eigenvalue weighted by Crippen LogP contribution is -2.01. The van der Waals surface area contributed by atoms with Gasteiger partial charge in [-0.25, -0.2) is 0 Å². The normalized spacial score (nSPS) is 16.2. The number of hydrogen-bond donors (Lipinski definition) is 0. The lowest BCUT2D eigenvalue weighted by molar-refractivity contribution is 0.527. The molecule has 0 heterocycles. The number of halogens is 1. The molecule has 0 radical (unpaired) electrons. The molecule has 2 unspecified atom stereocenters. The van der Waals surface area contributed by atoms with Gasteiger partial charge in [0, 0.05) is 0 Å². The quantitative estimate of drug-likeness (QED) is 0.560. The maximum atomic E-state index is 8.30. The van der Waals surface area contributed by atoms with Crippen molar-refractivity contribution in [3.8, 4) is 6.07 Å². The molecule has 1 nitrogen and oxygen atoms in total. The smallest absolute Gasteiger partial charge is 0.120 e. The summed E-state index contributed by atoms with van der Waals surface area (Å²) in [5.41, 5.74) is 0. The lowest BCUT2D eigenvalue weighted by Gasteiger charge is -2.06. The Morgan fingerprint density at radius 1 is 1.67 bits per heavy atom. The van der Waals surface area contributed by atoms with Crippen molar-refractivity contribution in [1.29, 1.82) is 5.26 Å². The Morgan fingerprint density at radius 3 is 2.56 bits per heavy atom. The van der Waals surface area contributed by atoms with Gasteiger partial charge < -0.3 is 0 Å². The first kappa shape index (κ1) is 8.78. The van der Waals surface area contributed by atoms with Crippen LogP contribution in [0.1, 0.15) is 26.7 Å². The molecule has 0 aliphatic carbocycles. The number of nitrogens with zero attached hydrogens (tertiary/aromatic N) is 1. The fourth-order valence-electron chi connectivity index (χ4n) is 0.573. The predicted octanol–water partition coefficient (Wildman–Crippen LogP) is 2.55. The van der Waals surface area contributed by atoms with Crippen LogP contribution in [0.25, 0.3) is 0 Å². The zero-order chi connectivity index (χ0) is 7.28. The second kappa shape index (κ2) is 4.64. The summed E-state index contributed by atoms with van der Waals surface area (Å²) < 4.78 is 0. The standard InChI is InChI=1S/C7H12ClN/c1-3-6(2)4-7(8)5-9/h6-7H,3-4H2,1-2H3. The SMILES string of the molecule is CCC(C)CC(Cl)C#N. The number of alkyl halides is 1. The minimum Gasteiger partial charge on any atom is -0.197 e. The maximum absolute atomic E-state index is 8.30. The minimum atomic E-state index is -0.292. The molecule has 0 spiro atoms. The second-order valence-corrected chi connectivity index (χ2v) is 2.87. The third-order valence-corrected chi connectivity index (χ3v) is 1.72. The van der Waals surface area contributed by atoms with E-state index in [0.29, 0.717) is 5.92 Å². The lowest BCUT2D eigenvalue weighted by atomic mass is 10.0. The Morgan fingerprint density at radius 2 is 2.22 bits per heavy atom. The summed E-state index contributed by atoms with van der Waals surface area (Å²) >= 11 is 5.58. The van der Waals surface area contributed by atoms with Gasteiger partial charge in [-0.2, -0.15) is 5.26 Å². The summed E-state index contributed by atoms with van der Waals surface area (Å²) in [5, 5.41) is 8.01. The average molecular weight is 146 g/mol. The molecular weight excluding hydrogens is 134 g/mol. The highest BCUT2D eigenvalue weighted by Gasteiger charge is 2.06. The van der Waals surface area contributed by atoms with Crippen LogP contribution in [0.3, 0.4) is 0 Å². The van der Waals surface area contributed by atoms with Gasteiger partial charge in [-0.1, -0.05) is 20.3 Å². The Bertz CT molecular complexity index is 106. The number of rotatable bonds is 3. The van der Waals surface area contributed by atoms with E-state index in [1.807, 2.05) is 6.07 Å². The van der Waals surface area contributed by atoms with Gasteiger partial charge in [0.1, 0.15) is 5.38 Å². The van der Waals surface area contributed by atoms with Crippen molar-refractivity contribution in [2.45, 2.75) is 32.1 Å². The molecule has 0 aliphatic heterocycles. The molecule has 0 saturated carbocycles. The molecule has 0 aromatic heterocycles. The van der Waals surface area contributed by atoms with E-state index in [1.165, 1.54) is 0 Å². The van der Waals surface area contributed by atoms with Crippen LogP contribution in [0.15, 0.2) is 0 Å². The fraction of sp³-hybridized carbons (Fsp3) is 0.857. The molecule has 0 aromatic carbocycles. The Labute approximate surface area is 61.6 Å². The van der Waals surface area contributed by atoms with E-state index in [9.17, 15) is 0 Å². The van der Waals surface area contributed by atoms with Crippen LogP contribution in [0.5, 0.6) is 0 Å². The first-order valence-corrected chi connectivity index (χ1v) is 3.68. The van der Waals surface area contributed by atoms with Crippen molar-refractivity contribution in [2.75, 3.05) is 0 Å². The van der Waals surface area contributed by atoms with Crippen LogP contribution in [-0.4, -0.2) is 5.38 Å². The van der Waals surface area contributed by atoms with Gasteiger partial charge in [-0.3, -0.25) is 0 Å². The summed E-state index contributed by atoms with van der Waals surface area (Å²) in [4.78, 5) is 0. The van der Waals surface area contributed by atoms with E-state index in [4.69, 9.17) is 16.9 Å². The Balaban J connectivity index is 3.37. The monoisotopic (exact) mass is 145 g/mol. The molecule has 0 saturated heterocycles. The van der Waals surface area contributed by atoms with Crippen molar-refractivity contribution in [2.24, 2.45) is 5.92 Å². The summed E-state index contributed by atoms with van der Waals surface area (Å²) in [7, 11) is 0. The molecule has 2 atom stereocenters. The molecule has 0 bridgehead atoms. The second-order valence-electron chi connectivity index (χ2n) is 2.35. The van der Waals surface area contributed by atoms with Gasteiger partial charge in [0.2, 0.25) is 0 Å². The molecule has 0 N–H and O–H groups in total. The van der Waals surface area contributed by atoms with E-state index >= 15 is 0 Å². The Hall–Kier alpha value is -0.220. The van der Waals surface area contributed by atoms with Gasteiger partial charge in [0.25, 0.3) is 0 Å². The molecule has 0 amide bonds. The van der Waals surface area contributed by atoms with Crippen LogP contribution in [0.2, 0.25) is 0 Å². The average Bonchev–Trinajstić information content (AvgIpc) is 1.87. The van der Waals surface area contributed by atoms with E-state index in [0.717, 1.165) is 12.8 Å². The Kier molecular flexibility index (Phi) is 4.53. The molecule has 2 heteroatoms. The van der Waals surface area contributed by atoms with Gasteiger partial charge in [-0.15, -0.1) is 11.6 Å². The van der Waals surface area contributed by atoms with E-state index in [-0.39, 0.29) is 5.38 Å². The van der Waals surface area contributed by atoms with Crippen LogP contribution in [-0.2, 0) is 0 Å². The van der Waals surface area contributed by atoms with Crippen molar-refractivity contribution >= 4 is 11.6 Å². The molecular formula is C7H12ClN. The summed E-state index contributed by atoms with van der Waals surface area (Å²) in [6.07, 6.45) is 1.92. The molecule has 52 valence electrons. The first-order valence-electron chi connectivity index (χ1n) is 3.24. The first-order chi connectivity index (χ1) is 4.20. The highest BCUT2D eigenvalue weighted by Crippen LogP contribution is 2.12. The minimum absolute atomic E-state index is 0.292. The molecule has 0 aromatic rings. The topological polar surface area (TPSA) is 23.8 Å². The van der Waals surface area contributed by atoms with Gasteiger partial charge in [-0.05, 0) is 12.3 Å².